The maximum Gasteiger partial charge on any atom is 0.116 e. The summed E-state index contributed by atoms with van der Waals surface area (Å²) in [6.07, 6.45) is 5.00. The lowest BCUT2D eigenvalue weighted by molar-refractivity contribution is 0.445. The maximum atomic E-state index is 5.91. The second kappa shape index (κ2) is 5.88. The quantitative estimate of drug-likeness (QED) is 0.507. The van der Waals surface area contributed by atoms with Crippen LogP contribution in [-0.2, 0) is 0 Å². The molecule has 0 saturated carbocycles. The van der Waals surface area contributed by atoms with Gasteiger partial charge >= 0.3 is 0 Å². The monoisotopic (exact) mass is 216 g/mol. The Morgan fingerprint density at radius 1 is 1.07 bits per heavy atom. The molecule has 0 bridgehead atoms. The Morgan fingerprint density at radius 3 is 2.07 bits per heavy atom. The first-order valence-corrected chi connectivity index (χ1v) is 9.25. The molecule has 3 N–H and O–H groups in total. The highest BCUT2D eigenvalue weighted by Gasteiger charge is 2.11. The highest BCUT2D eigenvalue weighted by Crippen LogP contribution is 2.10. The van der Waals surface area contributed by atoms with Gasteiger partial charge < -0.3 is 10.7 Å². The third kappa shape index (κ3) is 12.1. The van der Waals surface area contributed by atoms with Gasteiger partial charge in [-0.3, -0.25) is 0 Å². The molecule has 0 fully saturated rings. The van der Waals surface area contributed by atoms with Crippen LogP contribution in [0.4, 0.5) is 0 Å². The van der Waals surface area contributed by atoms with Gasteiger partial charge in [-0.15, -0.1) is 0 Å². The first-order valence-electron chi connectivity index (χ1n) is 5.75. The van der Waals surface area contributed by atoms with E-state index in [1.54, 1.807) is 0 Å². The molecule has 14 heavy (non-hydrogen) atoms. The molecule has 0 aromatic rings. The fourth-order valence-electron chi connectivity index (χ4n) is 1.35. The maximum absolute atomic E-state index is 5.91. The summed E-state index contributed by atoms with van der Waals surface area (Å²) in [5, 5.41) is 0. The topological polar surface area (TPSA) is 38.0 Å². The van der Waals surface area contributed by atoms with Crippen LogP contribution in [0.5, 0.6) is 0 Å². The van der Waals surface area contributed by atoms with Crippen molar-refractivity contribution in [1.29, 1.82) is 0 Å². The van der Waals surface area contributed by atoms with Gasteiger partial charge in [0.05, 0.1) is 0 Å². The average Bonchev–Trinajstić information content (AvgIpc) is 1.92. The SMILES string of the molecule is CC(C)(N)CCCCCN[Si](C)(C)C. The third-order valence-electron chi connectivity index (χ3n) is 2.15. The fourth-order valence-corrected chi connectivity index (χ4v) is 2.27. The lowest BCUT2D eigenvalue weighted by Gasteiger charge is -2.19. The van der Waals surface area contributed by atoms with E-state index in [1.165, 1.54) is 25.8 Å². The molecule has 0 aromatic heterocycles. The lowest BCUT2D eigenvalue weighted by Crippen LogP contribution is -2.41. The van der Waals surface area contributed by atoms with E-state index in [9.17, 15) is 0 Å². The molecule has 0 aliphatic carbocycles. The predicted octanol–water partition coefficient (Wildman–Crippen LogP) is 2.71. The molecule has 3 heteroatoms. The number of nitrogens with one attached hydrogen (secondary N) is 1. The average molecular weight is 216 g/mol. The smallest absolute Gasteiger partial charge is 0.116 e. The molecule has 0 rings (SSSR count). The van der Waals surface area contributed by atoms with E-state index in [-0.39, 0.29) is 5.54 Å². The Bertz CT molecular complexity index is 126. The second-order valence-electron chi connectivity index (χ2n) is 5.98. The molecule has 0 saturated heterocycles. The predicted molar refractivity (Wildman–Crippen MR) is 68.1 cm³/mol. The zero-order valence-electron chi connectivity index (χ0n) is 10.6. The van der Waals surface area contributed by atoms with Crippen LogP contribution in [0.2, 0.25) is 19.6 Å². The molecule has 0 atom stereocenters. The first-order chi connectivity index (χ1) is 6.21. The molecule has 0 amide bonds. The summed E-state index contributed by atoms with van der Waals surface area (Å²) in [5.41, 5.74) is 5.93. The molecule has 86 valence electrons. The highest BCUT2D eigenvalue weighted by molar-refractivity contribution is 6.73. The van der Waals surface area contributed by atoms with E-state index in [0.29, 0.717) is 0 Å². The Morgan fingerprint density at radius 2 is 1.64 bits per heavy atom. The normalized spacial score (nSPS) is 13.3. The van der Waals surface area contributed by atoms with Crippen LogP contribution >= 0.6 is 0 Å². The van der Waals surface area contributed by atoms with Gasteiger partial charge in [0.15, 0.2) is 0 Å². The number of hydrogen-bond acceptors (Lipinski definition) is 2. The van der Waals surface area contributed by atoms with Crippen molar-refractivity contribution in [3.8, 4) is 0 Å². The molecular weight excluding hydrogens is 188 g/mol. The molecule has 0 spiro atoms. The van der Waals surface area contributed by atoms with Crippen molar-refractivity contribution in [3.05, 3.63) is 0 Å². The Hall–Kier alpha value is 0.137. The Labute approximate surface area is 90.7 Å². The molecule has 0 radical (unpaired) electrons. The number of hydrogen-bond donors (Lipinski definition) is 2. The van der Waals surface area contributed by atoms with Crippen molar-refractivity contribution in [2.45, 2.75) is 64.7 Å². The summed E-state index contributed by atoms with van der Waals surface area (Å²) >= 11 is 0. The van der Waals surface area contributed by atoms with Gasteiger partial charge in [0.25, 0.3) is 0 Å². The minimum atomic E-state index is -1.03. The largest absolute Gasteiger partial charge is 0.337 e. The summed E-state index contributed by atoms with van der Waals surface area (Å²) in [6, 6.07) is 0. The van der Waals surface area contributed by atoms with Crippen LogP contribution in [0.3, 0.4) is 0 Å². The molecule has 0 heterocycles. The van der Waals surface area contributed by atoms with Crippen LogP contribution in [0.1, 0.15) is 39.5 Å². The lowest BCUT2D eigenvalue weighted by atomic mass is 9.98. The summed E-state index contributed by atoms with van der Waals surface area (Å²) in [5.74, 6) is 0. The zero-order chi connectivity index (χ0) is 11.2. The van der Waals surface area contributed by atoms with Crippen molar-refractivity contribution < 1.29 is 0 Å². The van der Waals surface area contributed by atoms with Gasteiger partial charge in [-0.25, -0.2) is 0 Å². The van der Waals surface area contributed by atoms with E-state index in [0.717, 1.165) is 6.42 Å². The standard InChI is InChI=1S/C11H28N2Si/c1-11(2,12)9-7-6-8-10-13-14(3,4)5/h13H,6-10,12H2,1-5H3. The highest BCUT2D eigenvalue weighted by atomic mass is 28.3. The van der Waals surface area contributed by atoms with Crippen molar-refractivity contribution >= 4 is 8.24 Å². The first kappa shape index (κ1) is 14.1. The van der Waals surface area contributed by atoms with E-state index in [4.69, 9.17) is 5.73 Å². The number of unbranched alkanes of at least 4 members (excludes halogenated alkanes) is 2. The molecular formula is C11H28N2Si. The minimum absolute atomic E-state index is 0.0200. The molecule has 0 unspecified atom stereocenters. The van der Waals surface area contributed by atoms with Gasteiger partial charge in [0.1, 0.15) is 8.24 Å². The fraction of sp³-hybridized carbons (Fsp3) is 1.00. The third-order valence-corrected chi connectivity index (χ3v) is 3.46. The number of rotatable bonds is 7. The molecule has 0 aromatic carbocycles. The summed E-state index contributed by atoms with van der Waals surface area (Å²) in [6.45, 7) is 12.4. The zero-order valence-corrected chi connectivity index (χ0v) is 11.6. The van der Waals surface area contributed by atoms with E-state index < -0.39 is 8.24 Å². The van der Waals surface area contributed by atoms with Crippen LogP contribution in [0.25, 0.3) is 0 Å². The van der Waals surface area contributed by atoms with Crippen LogP contribution in [0.15, 0.2) is 0 Å². The Kier molecular flexibility index (Phi) is 5.94. The van der Waals surface area contributed by atoms with Crippen molar-refractivity contribution in [2.75, 3.05) is 6.54 Å². The minimum Gasteiger partial charge on any atom is -0.337 e. The summed E-state index contributed by atoms with van der Waals surface area (Å²) in [4.78, 5) is 3.63. The Balaban J connectivity index is 3.23. The van der Waals surface area contributed by atoms with Crippen molar-refractivity contribution in [1.82, 2.24) is 4.98 Å². The van der Waals surface area contributed by atoms with Gasteiger partial charge in [0.2, 0.25) is 0 Å². The van der Waals surface area contributed by atoms with Crippen LogP contribution < -0.4 is 10.7 Å². The van der Waals surface area contributed by atoms with Crippen molar-refractivity contribution in [3.63, 3.8) is 0 Å². The molecule has 2 nitrogen and oxygen atoms in total. The molecule has 0 aliphatic heterocycles. The van der Waals surface area contributed by atoms with Crippen molar-refractivity contribution in [2.24, 2.45) is 5.73 Å². The van der Waals surface area contributed by atoms with Crippen LogP contribution in [0, 0.1) is 0 Å². The van der Waals surface area contributed by atoms with E-state index in [2.05, 4.69) is 38.5 Å². The molecule has 0 aliphatic rings. The summed E-state index contributed by atoms with van der Waals surface area (Å²) < 4.78 is 0. The van der Waals surface area contributed by atoms with E-state index in [1.807, 2.05) is 0 Å². The van der Waals surface area contributed by atoms with Gasteiger partial charge in [-0.1, -0.05) is 32.5 Å². The van der Waals surface area contributed by atoms with E-state index >= 15 is 0 Å². The van der Waals surface area contributed by atoms with Gasteiger partial charge in [-0.05, 0) is 33.2 Å². The van der Waals surface area contributed by atoms with Gasteiger partial charge in [-0.2, -0.15) is 0 Å². The summed E-state index contributed by atoms with van der Waals surface area (Å²) in [7, 11) is -1.03. The van der Waals surface area contributed by atoms with Crippen LogP contribution in [-0.4, -0.2) is 20.3 Å². The second-order valence-corrected chi connectivity index (χ2v) is 10.8. The number of nitrogens with two attached hydrogens (primary N) is 1. The van der Waals surface area contributed by atoms with Gasteiger partial charge in [0, 0.05) is 5.54 Å².